The highest BCUT2D eigenvalue weighted by atomic mass is 19.1. The third-order valence-electron chi connectivity index (χ3n) is 3.37. The fourth-order valence-corrected chi connectivity index (χ4v) is 2.48. The Morgan fingerprint density at radius 2 is 1.89 bits per heavy atom. The Morgan fingerprint density at radius 3 is 2.48 bits per heavy atom. The van der Waals surface area contributed by atoms with Gasteiger partial charge in [-0.2, -0.15) is 5.06 Å². The molecule has 0 radical (unpaired) electrons. The fourth-order valence-electron chi connectivity index (χ4n) is 2.48. The number of hydrogen-bond acceptors (Lipinski definition) is 5. The molecule has 27 heavy (non-hydrogen) atoms. The van der Waals surface area contributed by atoms with Crippen molar-refractivity contribution in [2.24, 2.45) is 0 Å². The van der Waals surface area contributed by atoms with Crippen LogP contribution in [0.25, 0.3) is 0 Å². The summed E-state index contributed by atoms with van der Waals surface area (Å²) in [5.41, 5.74) is -0.543. The van der Waals surface area contributed by atoms with Crippen LogP contribution >= 0.6 is 0 Å². The van der Waals surface area contributed by atoms with Gasteiger partial charge in [0.1, 0.15) is 11.6 Å². The zero-order valence-corrected chi connectivity index (χ0v) is 15.4. The lowest BCUT2D eigenvalue weighted by molar-refractivity contribution is -0.242. The van der Waals surface area contributed by atoms with Crippen molar-refractivity contribution in [2.45, 2.75) is 26.5 Å². The molecule has 0 fully saturated rings. The molecule has 1 aromatic heterocycles. The highest BCUT2D eigenvalue weighted by molar-refractivity contribution is 5.99. The molecular weight excluding hydrogens is 355 g/mol. The second kappa shape index (κ2) is 8.45. The Balaban J connectivity index is 2.13. The molecule has 0 spiro atoms. The van der Waals surface area contributed by atoms with Crippen molar-refractivity contribution in [3.8, 4) is 5.75 Å². The number of urea groups is 1. The van der Waals surface area contributed by atoms with Gasteiger partial charge in [-0.25, -0.2) is 9.18 Å². The molecule has 3 amide bonds. The van der Waals surface area contributed by atoms with Gasteiger partial charge >= 0.3 is 6.03 Å². The first-order valence-electron chi connectivity index (χ1n) is 8.04. The lowest BCUT2D eigenvalue weighted by Gasteiger charge is -2.35. The summed E-state index contributed by atoms with van der Waals surface area (Å²) in [4.78, 5) is 32.6. The summed E-state index contributed by atoms with van der Waals surface area (Å²) in [5, 5.41) is 6.10. The number of benzene rings is 1. The van der Waals surface area contributed by atoms with E-state index >= 15 is 0 Å². The predicted octanol–water partition coefficient (Wildman–Crippen LogP) is 3.39. The van der Waals surface area contributed by atoms with Gasteiger partial charge in [-0.1, -0.05) is 0 Å². The molecule has 8 nitrogen and oxygen atoms in total. The van der Waals surface area contributed by atoms with E-state index in [1.165, 1.54) is 26.3 Å². The molecule has 2 N–H and O–H groups in total. The summed E-state index contributed by atoms with van der Waals surface area (Å²) in [5.74, 6) is -0.889. The summed E-state index contributed by atoms with van der Waals surface area (Å²) < 4.78 is 19.6. The second-order valence-electron chi connectivity index (χ2n) is 6.04. The highest BCUT2D eigenvalue weighted by Crippen LogP contribution is 2.26. The first-order chi connectivity index (χ1) is 12.7. The molecule has 0 saturated heterocycles. The molecule has 2 aromatic rings. The minimum Gasteiger partial charge on any atom is -0.466 e. The minimum atomic E-state index is -1.20. The smallest absolute Gasteiger partial charge is 0.323 e. The number of anilines is 2. The van der Waals surface area contributed by atoms with E-state index < -0.39 is 17.6 Å². The number of amides is 3. The van der Waals surface area contributed by atoms with E-state index in [0.29, 0.717) is 5.69 Å². The van der Waals surface area contributed by atoms with E-state index in [1.54, 1.807) is 32.2 Å². The molecule has 0 aliphatic carbocycles. The van der Waals surface area contributed by atoms with Gasteiger partial charge in [0, 0.05) is 30.9 Å². The van der Waals surface area contributed by atoms with E-state index in [0.717, 1.165) is 17.2 Å². The third kappa shape index (κ3) is 5.65. The summed E-state index contributed by atoms with van der Waals surface area (Å²) in [6.45, 7) is 4.49. The number of carbonyl (C=O) groups is 2. The van der Waals surface area contributed by atoms with Crippen LogP contribution in [0.4, 0.5) is 20.6 Å². The fraction of sp³-hybridized carbons (Fsp3) is 0.278. The van der Waals surface area contributed by atoms with Crippen LogP contribution in [0.3, 0.4) is 0 Å². The highest BCUT2D eigenvalue weighted by Gasteiger charge is 2.32. The average Bonchev–Trinajstić information content (AvgIpc) is 2.54. The first-order valence-corrected chi connectivity index (χ1v) is 8.04. The molecule has 0 aliphatic heterocycles. The van der Waals surface area contributed by atoms with E-state index in [1.807, 2.05) is 0 Å². The largest absolute Gasteiger partial charge is 0.466 e. The van der Waals surface area contributed by atoms with Crippen LogP contribution in [0.5, 0.6) is 5.75 Å². The lowest BCUT2D eigenvalue weighted by Crippen LogP contribution is -2.50. The average molecular weight is 376 g/mol. The molecular formula is C18H21FN4O4. The summed E-state index contributed by atoms with van der Waals surface area (Å²) >= 11 is 0. The summed E-state index contributed by atoms with van der Waals surface area (Å²) in [6.07, 6.45) is 3.05. The summed E-state index contributed by atoms with van der Waals surface area (Å²) in [6, 6.07) is 6.48. The van der Waals surface area contributed by atoms with Crippen LogP contribution in [-0.4, -0.2) is 34.8 Å². The molecule has 0 saturated carbocycles. The van der Waals surface area contributed by atoms with Crippen molar-refractivity contribution >= 4 is 23.3 Å². The number of rotatable bonds is 6. The molecule has 0 aliphatic rings. The maximum absolute atomic E-state index is 13.9. The van der Waals surface area contributed by atoms with Crippen molar-refractivity contribution in [3.05, 3.63) is 48.5 Å². The van der Waals surface area contributed by atoms with Crippen LogP contribution in [0.15, 0.2) is 42.7 Å². The van der Waals surface area contributed by atoms with Crippen LogP contribution < -0.4 is 15.4 Å². The standard InChI is InChI=1S/C18H21FN4O4/c1-12(24)23(26-4)18(2,3)27-16-9-13(19)8-15(10-16)22-17(25)21-14-6-5-7-20-11-14/h5-11H,1-4H3,(H2,21,22,25). The van der Waals surface area contributed by atoms with Crippen molar-refractivity contribution in [2.75, 3.05) is 17.7 Å². The SMILES string of the molecule is CON(C(C)=O)C(C)(C)Oc1cc(F)cc(NC(=O)Nc2cccnc2)c1. The molecule has 9 heteroatoms. The molecule has 2 rings (SSSR count). The van der Waals surface area contributed by atoms with Crippen LogP contribution in [0.1, 0.15) is 20.8 Å². The van der Waals surface area contributed by atoms with Crippen molar-refractivity contribution < 1.29 is 23.6 Å². The Hall–Kier alpha value is -3.20. The molecule has 144 valence electrons. The van der Waals surface area contributed by atoms with Gasteiger partial charge in [-0.3, -0.25) is 14.6 Å². The molecule has 0 bridgehead atoms. The normalized spacial score (nSPS) is 10.9. The number of hydrogen-bond donors (Lipinski definition) is 2. The number of ether oxygens (including phenoxy) is 1. The van der Waals surface area contributed by atoms with Crippen LogP contribution in [0, 0.1) is 5.82 Å². The van der Waals surface area contributed by atoms with Gasteiger partial charge in [0.25, 0.3) is 0 Å². The number of pyridine rings is 1. The maximum atomic E-state index is 13.9. The maximum Gasteiger partial charge on any atom is 0.323 e. The van der Waals surface area contributed by atoms with Crippen LogP contribution in [0.2, 0.25) is 0 Å². The van der Waals surface area contributed by atoms with Crippen molar-refractivity contribution in [1.82, 2.24) is 10.0 Å². The van der Waals surface area contributed by atoms with Gasteiger partial charge in [-0.15, -0.1) is 0 Å². The zero-order chi connectivity index (χ0) is 20.0. The number of halogens is 1. The number of nitrogens with zero attached hydrogens (tertiary/aromatic N) is 2. The van der Waals surface area contributed by atoms with Crippen molar-refractivity contribution in [1.29, 1.82) is 0 Å². The van der Waals surface area contributed by atoms with Gasteiger partial charge in [0.05, 0.1) is 19.0 Å². The number of hydroxylamine groups is 2. The van der Waals surface area contributed by atoms with E-state index in [-0.39, 0.29) is 17.3 Å². The Morgan fingerprint density at radius 1 is 1.19 bits per heavy atom. The Labute approximate surface area is 156 Å². The topological polar surface area (TPSA) is 92.8 Å². The minimum absolute atomic E-state index is 0.111. The third-order valence-corrected chi connectivity index (χ3v) is 3.37. The molecule has 1 heterocycles. The van der Waals surface area contributed by atoms with Gasteiger partial charge in [-0.05, 0) is 32.0 Å². The first kappa shape index (κ1) is 20.1. The number of nitrogens with one attached hydrogen (secondary N) is 2. The van der Waals surface area contributed by atoms with Gasteiger partial charge in [0.2, 0.25) is 11.6 Å². The Bertz CT molecular complexity index is 814. The lowest BCUT2D eigenvalue weighted by atomic mass is 10.2. The quantitative estimate of drug-likeness (QED) is 0.595. The van der Waals surface area contributed by atoms with E-state index in [4.69, 9.17) is 9.57 Å². The van der Waals surface area contributed by atoms with Gasteiger partial charge in [0.15, 0.2) is 0 Å². The Kier molecular flexibility index (Phi) is 6.30. The van der Waals surface area contributed by atoms with Crippen LogP contribution in [-0.2, 0) is 9.63 Å². The number of carbonyl (C=O) groups excluding carboxylic acids is 2. The number of aromatic nitrogens is 1. The molecule has 0 unspecified atom stereocenters. The van der Waals surface area contributed by atoms with Crippen molar-refractivity contribution in [3.63, 3.8) is 0 Å². The predicted molar refractivity (Wildman–Crippen MR) is 97.5 cm³/mol. The van der Waals surface area contributed by atoms with E-state index in [2.05, 4.69) is 15.6 Å². The molecule has 1 aromatic carbocycles. The second-order valence-corrected chi connectivity index (χ2v) is 6.04. The monoisotopic (exact) mass is 376 g/mol. The van der Waals surface area contributed by atoms with E-state index in [9.17, 15) is 14.0 Å². The molecule has 0 atom stereocenters. The van der Waals surface area contributed by atoms with Gasteiger partial charge < -0.3 is 15.4 Å². The summed E-state index contributed by atoms with van der Waals surface area (Å²) in [7, 11) is 1.33. The zero-order valence-electron chi connectivity index (χ0n) is 15.4.